The first-order valence-corrected chi connectivity index (χ1v) is 8.79. The maximum Gasteiger partial charge on any atom is 0.273 e. The summed E-state index contributed by atoms with van der Waals surface area (Å²) in [7, 11) is -3.87. The van der Waals surface area contributed by atoms with Crippen LogP contribution >= 0.6 is 16.0 Å². The highest BCUT2D eigenvalue weighted by Gasteiger charge is 2.03. The van der Waals surface area contributed by atoms with Crippen molar-refractivity contribution < 1.29 is 18.8 Å². The summed E-state index contributed by atoms with van der Waals surface area (Å²) in [5.74, 6) is 4.01. The van der Waals surface area contributed by atoms with Crippen LogP contribution in [0.15, 0.2) is 60.7 Å². The first-order chi connectivity index (χ1) is 10.2. The Labute approximate surface area is 125 Å². The van der Waals surface area contributed by atoms with E-state index >= 15 is 0 Å². The number of hydrogen-bond donors (Lipinski definition) is 0. The molecule has 108 valence electrons. The highest BCUT2D eigenvalue weighted by molar-refractivity contribution is 7.47. The van der Waals surface area contributed by atoms with E-state index in [0.29, 0.717) is 11.5 Å². The molecule has 2 rings (SSSR count). The molecule has 6 heteroatoms. The molecule has 0 heterocycles. The SMILES string of the molecule is [O-][P+](=CCC=[P+]([O-])Oc1ccccc1)Oc1ccccc1. The number of benzene rings is 2. The molecule has 0 aliphatic carbocycles. The van der Waals surface area contributed by atoms with Crippen molar-refractivity contribution in [3.63, 3.8) is 0 Å². The minimum atomic E-state index is -1.94. The van der Waals surface area contributed by atoms with Gasteiger partial charge in [-0.2, -0.15) is 0 Å². The normalized spacial score (nSPS) is 12.1. The molecule has 2 unspecified atom stereocenters. The molecule has 0 aromatic heterocycles. The van der Waals surface area contributed by atoms with Gasteiger partial charge in [-0.3, -0.25) is 9.05 Å². The molecule has 21 heavy (non-hydrogen) atoms. The van der Waals surface area contributed by atoms with Crippen molar-refractivity contribution in [1.29, 1.82) is 0 Å². The molecule has 2 atom stereocenters. The van der Waals surface area contributed by atoms with Gasteiger partial charge in [-0.15, -0.1) is 0 Å². The molecule has 2 aromatic rings. The van der Waals surface area contributed by atoms with Gasteiger partial charge >= 0.3 is 0 Å². The van der Waals surface area contributed by atoms with Crippen LogP contribution in [0.2, 0.25) is 0 Å². The third kappa shape index (κ3) is 6.07. The standard InChI is InChI=1S/C15H14O4P2/c16-20(18-14-8-3-1-4-9-14)12-7-13-21(17)19-15-10-5-2-6-11-15/h1-6,8-13H,7H2. The molecule has 0 N–H and O–H groups in total. The highest BCUT2D eigenvalue weighted by atomic mass is 31.1. The molecule has 0 aliphatic heterocycles. The van der Waals surface area contributed by atoms with Gasteiger partial charge in [0.05, 0.1) is 6.42 Å². The van der Waals surface area contributed by atoms with E-state index < -0.39 is 16.0 Å². The van der Waals surface area contributed by atoms with E-state index in [9.17, 15) is 9.79 Å². The largest absolute Gasteiger partial charge is 0.595 e. The van der Waals surface area contributed by atoms with E-state index in [1.54, 1.807) is 48.5 Å². The summed E-state index contributed by atoms with van der Waals surface area (Å²) in [6.07, 6.45) is 0.282. The maximum atomic E-state index is 11.7. The summed E-state index contributed by atoms with van der Waals surface area (Å²) in [4.78, 5) is 23.3. The second-order valence-electron chi connectivity index (χ2n) is 3.98. The van der Waals surface area contributed by atoms with Crippen molar-refractivity contribution in [2.75, 3.05) is 0 Å². The molecule has 2 aromatic carbocycles. The van der Waals surface area contributed by atoms with E-state index in [-0.39, 0.29) is 6.42 Å². The molecule has 0 bridgehead atoms. The second kappa shape index (κ2) is 8.56. The van der Waals surface area contributed by atoms with Crippen LogP contribution in [0, 0.1) is 0 Å². The van der Waals surface area contributed by atoms with Crippen LogP contribution in [0.1, 0.15) is 6.42 Å². The third-order valence-electron chi connectivity index (χ3n) is 2.39. The number of hydrogen-bond acceptors (Lipinski definition) is 4. The first kappa shape index (κ1) is 15.7. The molecule has 0 amide bonds. The Morgan fingerprint density at radius 2 is 1.10 bits per heavy atom. The van der Waals surface area contributed by atoms with Crippen molar-refractivity contribution in [3.8, 4) is 11.5 Å². The fraction of sp³-hybridized carbons (Fsp3) is 0.0667. The second-order valence-corrected chi connectivity index (χ2v) is 6.22. The van der Waals surface area contributed by atoms with Crippen LogP contribution in [0.25, 0.3) is 0 Å². The lowest BCUT2D eigenvalue weighted by Crippen LogP contribution is -2.00. The van der Waals surface area contributed by atoms with Crippen LogP contribution in [0.4, 0.5) is 0 Å². The predicted molar refractivity (Wildman–Crippen MR) is 84.7 cm³/mol. The fourth-order valence-electron chi connectivity index (χ4n) is 1.46. The smallest absolute Gasteiger partial charge is 0.273 e. The Morgan fingerprint density at radius 1 is 0.714 bits per heavy atom. The van der Waals surface area contributed by atoms with Crippen molar-refractivity contribution in [3.05, 3.63) is 60.7 Å². The van der Waals surface area contributed by atoms with Gasteiger partial charge < -0.3 is 9.79 Å². The van der Waals surface area contributed by atoms with Gasteiger partial charge in [-0.05, 0) is 24.3 Å². The van der Waals surface area contributed by atoms with Crippen molar-refractivity contribution >= 4 is 27.6 Å². The summed E-state index contributed by atoms with van der Waals surface area (Å²) in [5, 5.41) is 0. The van der Waals surface area contributed by atoms with Gasteiger partial charge in [-0.1, -0.05) is 36.4 Å². The average molecular weight is 320 g/mol. The van der Waals surface area contributed by atoms with Gasteiger partial charge in [0.1, 0.15) is 11.6 Å². The maximum absolute atomic E-state index is 11.7. The number of rotatable bonds is 6. The average Bonchev–Trinajstić information content (AvgIpc) is 2.49. The Balaban J connectivity index is 1.84. The van der Waals surface area contributed by atoms with Crippen LogP contribution in [0.5, 0.6) is 11.5 Å². The Kier molecular flexibility index (Phi) is 6.39. The van der Waals surface area contributed by atoms with E-state index in [0.717, 1.165) is 0 Å². The lowest BCUT2D eigenvalue weighted by atomic mass is 10.3. The lowest BCUT2D eigenvalue weighted by Gasteiger charge is -1.99. The molecule has 0 fully saturated rings. The summed E-state index contributed by atoms with van der Waals surface area (Å²) in [6, 6.07) is 17.8. The minimum Gasteiger partial charge on any atom is -0.595 e. The Morgan fingerprint density at radius 3 is 1.48 bits per heavy atom. The Hall–Kier alpha value is -1.70. The summed E-state index contributed by atoms with van der Waals surface area (Å²) >= 11 is 0. The lowest BCUT2D eigenvalue weighted by molar-refractivity contribution is -0.166. The van der Waals surface area contributed by atoms with E-state index in [1.165, 1.54) is 11.6 Å². The van der Waals surface area contributed by atoms with Crippen LogP contribution in [0.3, 0.4) is 0 Å². The van der Waals surface area contributed by atoms with Crippen molar-refractivity contribution in [2.24, 2.45) is 0 Å². The minimum absolute atomic E-state index is 0.282. The zero-order valence-electron chi connectivity index (χ0n) is 11.2. The molecule has 0 radical (unpaired) electrons. The van der Waals surface area contributed by atoms with Crippen LogP contribution in [-0.2, 0) is 0 Å². The van der Waals surface area contributed by atoms with E-state index in [4.69, 9.17) is 9.05 Å². The summed E-state index contributed by atoms with van der Waals surface area (Å²) in [5.41, 5.74) is 0. The molecular formula is C15H14O4P2. The fourth-order valence-corrected chi connectivity index (χ4v) is 2.99. The van der Waals surface area contributed by atoms with E-state index in [2.05, 4.69) is 0 Å². The predicted octanol–water partition coefficient (Wildman–Crippen LogP) is 2.48. The summed E-state index contributed by atoms with van der Waals surface area (Å²) in [6.45, 7) is 0. The van der Waals surface area contributed by atoms with Gasteiger partial charge in [0.2, 0.25) is 0 Å². The molecule has 0 saturated carbocycles. The van der Waals surface area contributed by atoms with Crippen LogP contribution in [-0.4, -0.2) is 11.6 Å². The highest BCUT2D eigenvalue weighted by Crippen LogP contribution is 2.22. The molecule has 4 nitrogen and oxygen atoms in total. The van der Waals surface area contributed by atoms with E-state index in [1.807, 2.05) is 12.1 Å². The first-order valence-electron chi connectivity index (χ1n) is 6.29. The molecule has 0 spiro atoms. The quantitative estimate of drug-likeness (QED) is 0.767. The van der Waals surface area contributed by atoms with Crippen molar-refractivity contribution in [1.82, 2.24) is 0 Å². The monoisotopic (exact) mass is 320 g/mol. The summed E-state index contributed by atoms with van der Waals surface area (Å²) < 4.78 is 10.4. The zero-order chi connectivity index (χ0) is 14.9. The van der Waals surface area contributed by atoms with Gasteiger partial charge in [0.25, 0.3) is 16.0 Å². The molecule has 0 aliphatic rings. The van der Waals surface area contributed by atoms with Crippen LogP contribution < -0.4 is 18.8 Å². The van der Waals surface area contributed by atoms with Crippen molar-refractivity contribution in [2.45, 2.75) is 6.42 Å². The third-order valence-corrected chi connectivity index (χ3v) is 4.19. The topological polar surface area (TPSA) is 64.6 Å². The zero-order valence-corrected chi connectivity index (χ0v) is 13.0. The molecular weight excluding hydrogens is 306 g/mol. The van der Waals surface area contributed by atoms with Gasteiger partial charge in [0.15, 0.2) is 11.5 Å². The van der Waals surface area contributed by atoms with Gasteiger partial charge in [0, 0.05) is 0 Å². The molecule has 0 saturated heterocycles. The van der Waals surface area contributed by atoms with Gasteiger partial charge in [-0.25, -0.2) is 0 Å². The Bertz CT molecular complexity index is 557. The number of para-hydroxylation sites is 2.